The molecule has 144 valence electrons. The van der Waals surface area contributed by atoms with Crippen molar-refractivity contribution >= 4 is 17.5 Å². The van der Waals surface area contributed by atoms with Gasteiger partial charge in [0, 0.05) is 18.7 Å². The van der Waals surface area contributed by atoms with Gasteiger partial charge in [-0.3, -0.25) is 9.59 Å². The van der Waals surface area contributed by atoms with Crippen molar-refractivity contribution in [1.29, 1.82) is 0 Å². The van der Waals surface area contributed by atoms with E-state index in [9.17, 15) is 9.59 Å². The number of ether oxygens (including phenoxy) is 1. The van der Waals surface area contributed by atoms with E-state index in [0.29, 0.717) is 25.3 Å². The summed E-state index contributed by atoms with van der Waals surface area (Å²) in [5.41, 5.74) is 1.72. The average molecular weight is 360 g/mol. The first-order valence-electron chi connectivity index (χ1n) is 9.80. The van der Waals surface area contributed by atoms with Crippen molar-refractivity contribution in [2.24, 2.45) is 5.92 Å². The number of rotatable bonds is 9. The molecule has 0 radical (unpaired) electrons. The summed E-state index contributed by atoms with van der Waals surface area (Å²) in [7, 11) is 0. The second-order valence-corrected chi connectivity index (χ2v) is 7.50. The van der Waals surface area contributed by atoms with E-state index in [0.717, 1.165) is 24.1 Å². The van der Waals surface area contributed by atoms with Gasteiger partial charge in [0.05, 0.1) is 6.10 Å². The molecule has 1 unspecified atom stereocenters. The molecule has 0 aliphatic heterocycles. The maximum absolute atomic E-state index is 12.4. The number of carbonyl (C=O) groups excluding carboxylic acids is 2. The summed E-state index contributed by atoms with van der Waals surface area (Å²) in [5, 5.41) is 5.87. The van der Waals surface area contributed by atoms with Crippen LogP contribution in [0, 0.1) is 5.92 Å². The van der Waals surface area contributed by atoms with Crippen molar-refractivity contribution in [2.75, 3.05) is 5.32 Å². The van der Waals surface area contributed by atoms with Gasteiger partial charge in [-0.25, -0.2) is 0 Å². The zero-order valence-electron chi connectivity index (χ0n) is 16.2. The number of nitrogens with one attached hydrogen (secondary N) is 2. The second-order valence-electron chi connectivity index (χ2n) is 7.50. The summed E-state index contributed by atoms with van der Waals surface area (Å²) in [4.78, 5) is 24.3. The van der Waals surface area contributed by atoms with Crippen LogP contribution in [0.1, 0.15) is 64.9 Å². The van der Waals surface area contributed by atoms with Crippen molar-refractivity contribution in [3.05, 3.63) is 29.8 Å². The van der Waals surface area contributed by atoms with Gasteiger partial charge in [0.2, 0.25) is 11.8 Å². The molecule has 1 aliphatic carbocycles. The summed E-state index contributed by atoms with van der Waals surface area (Å²) in [6.07, 6.45) is 5.52. The Kier molecular flexibility index (Phi) is 8.10. The van der Waals surface area contributed by atoms with Crippen LogP contribution >= 0.6 is 0 Å². The third-order valence-corrected chi connectivity index (χ3v) is 4.59. The summed E-state index contributed by atoms with van der Waals surface area (Å²) in [5.74, 6) is 0.272. The maximum atomic E-state index is 12.4. The van der Waals surface area contributed by atoms with Crippen LogP contribution in [-0.2, 0) is 20.9 Å². The molecule has 1 aromatic rings. The summed E-state index contributed by atoms with van der Waals surface area (Å²) in [6, 6.07) is 7.59. The Bertz CT molecular complexity index is 595. The Morgan fingerprint density at radius 2 is 1.96 bits per heavy atom. The Labute approximate surface area is 156 Å². The standard InChI is InChI=1S/C21H32N2O3/c1-4-19(26-18-10-5-6-11-18)21(25)22-14-16-8-7-9-17(13-16)23-20(24)12-15(2)3/h7-9,13,15,18-19H,4-6,10-12,14H2,1-3H3,(H,22,25)(H,23,24). The Balaban J connectivity index is 1.84. The summed E-state index contributed by atoms with van der Waals surface area (Å²) in [6.45, 7) is 6.44. The number of anilines is 1. The lowest BCUT2D eigenvalue weighted by atomic mass is 10.1. The molecule has 0 saturated heterocycles. The van der Waals surface area contributed by atoms with E-state index < -0.39 is 0 Å². The minimum atomic E-state index is -0.382. The first-order valence-corrected chi connectivity index (χ1v) is 9.80. The molecular formula is C21H32N2O3. The fourth-order valence-corrected chi connectivity index (χ4v) is 3.25. The molecule has 2 N–H and O–H groups in total. The predicted molar refractivity (Wildman–Crippen MR) is 104 cm³/mol. The van der Waals surface area contributed by atoms with Crippen molar-refractivity contribution in [3.8, 4) is 0 Å². The molecule has 2 rings (SSSR count). The highest BCUT2D eigenvalue weighted by Gasteiger charge is 2.24. The molecule has 26 heavy (non-hydrogen) atoms. The Morgan fingerprint density at radius 3 is 2.62 bits per heavy atom. The first-order chi connectivity index (χ1) is 12.5. The Morgan fingerprint density at radius 1 is 1.23 bits per heavy atom. The molecule has 1 saturated carbocycles. The molecule has 1 atom stereocenters. The molecule has 1 fully saturated rings. The van der Waals surface area contributed by atoms with Crippen LogP contribution in [0.2, 0.25) is 0 Å². The number of hydrogen-bond acceptors (Lipinski definition) is 3. The van der Waals surface area contributed by atoms with Gasteiger partial charge >= 0.3 is 0 Å². The fraction of sp³-hybridized carbons (Fsp3) is 0.619. The summed E-state index contributed by atoms with van der Waals surface area (Å²) >= 11 is 0. The zero-order valence-corrected chi connectivity index (χ0v) is 16.2. The molecule has 2 amide bonds. The molecule has 1 aliphatic rings. The Hall–Kier alpha value is -1.88. The van der Waals surface area contributed by atoms with Crippen LogP contribution in [0.25, 0.3) is 0 Å². The lowest BCUT2D eigenvalue weighted by Crippen LogP contribution is -2.37. The van der Waals surface area contributed by atoms with Gasteiger partial charge in [-0.15, -0.1) is 0 Å². The average Bonchev–Trinajstić information content (AvgIpc) is 3.10. The van der Waals surface area contributed by atoms with Crippen molar-refractivity contribution < 1.29 is 14.3 Å². The van der Waals surface area contributed by atoms with Crippen molar-refractivity contribution in [3.63, 3.8) is 0 Å². The minimum Gasteiger partial charge on any atom is -0.365 e. The van der Waals surface area contributed by atoms with Gasteiger partial charge in [-0.1, -0.05) is 45.7 Å². The molecule has 1 aromatic carbocycles. The third kappa shape index (κ3) is 6.79. The van der Waals surface area contributed by atoms with E-state index in [4.69, 9.17) is 4.74 Å². The lowest BCUT2D eigenvalue weighted by molar-refractivity contribution is -0.137. The van der Waals surface area contributed by atoms with Gasteiger partial charge in [-0.2, -0.15) is 0 Å². The van der Waals surface area contributed by atoms with E-state index in [-0.39, 0.29) is 24.0 Å². The quantitative estimate of drug-likeness (QED) is 0.699. The van der Waals surface area contributed by atoms with E-state index >= 15 is 0 Å². The van der Waals surface area contributed by atoms with Gasteiger partial charge in [0.15, 0.2) is 0 Å². The second kappa shape index (κ2) is 10.3. The SMILES string of the molecule is CCC(OC1CCCC1)C(=O)NCc1cccc(NC(=O)CC(C)C)c1. The van der Waals surface area contributed by atoms with Crippen molar-refractivity contribution in [1.82, 2.24) is 5.32 Å². The molecule has 0 heterocycles. The van der Waals surface area contributed by atoms with Crippen LogP contribution < -0.4 is 10.6 Å². The fourth-order valence-electron chi connectivity index (χ4n) is 3.25. The van der Waals surface area contributed by atoms with E-state index in [2.05, 4.69) is 10.6 Å². The van der Waals surface area contributed by atoms with Gasteiger partial charge in [0.25, 0.3) is 0 Å². The van der Waals surface area contributed by atoms with Gasteiger partial charge in [-0.05, 0) is 42.9 Å². The zero-order chi connectivity index (χ0) is 18.9. The molecule has 5 heteroatoms. The van der Waals surface area contributed by atoms with E-state index in [1.165, 1.54) is 12.8 Å². The highest BCUT2D eigenvalue weighted by Crippen LogP contribution is 2.23. The van der Waals surface area contributed by atoms with Crippen molar-refractivity contribution in [2.45, 2.75) is 78.0 Å². The number of benzene rings is 1. The lowest BCUT2D eigenvalue weighted by Gasteiger charge is -2.20. The van der Waals surface area contributed by atoms with Gasteiger partial charge in [0.1, 0.15) is 6.10 Å². The predicted octanol–water partition coefficient (Wildman–Crippen LogP) is 4.03. The van der Waals surface area contributed by atoms with Crippen LogP contribution in [0.4, 0.5) is 5.69 Å². The highest BCUT2D eigenvalue weighted by atomic mass is 16.5. The molecular weight excluding hydrogens is 328 g/mol. The summed E-state index contributed by atoms with van der Waals surface area (Å²) < 4.78 is 5.96. The molecule has 0 bridgehead atoms. The number of carbonyl (C=O) groups is 2. The minimum absolute atomic E-state index is 0.0113. The van der Waals surface area contributed by atoms with Crippen LogP contribution in [0.3, 0.4) is 0 Å². The van der Waals surface area contributed by atoms with Crippen LogP contribution in [0.15, 0.2) is 24.3 Å². The van der Waals surface area contributed by atoms with Crippen LogP contribution in [-0.4, -0.2) is 24.0 Å². The first kappa shape index (κ1) is 20.4. The number of hydrogen-bond donors (Lipinski definition) is 2. The topological polar surface area (TPSA) is 67.4 Å². The smallest absolute Gasteiger partial charge is 0.249 e. The largest absolute Gasteiger partial charge is 0.365 e. The molecule has 0 aromatic heterocycles. The highest BCUT2D eigenvalue weighted by molar-refractivity contribution is 5.90. The van der Waals surface area contributed by atoms with E-state index in [1.807, 2.05) is 45.0 Å². The third-order valence-electron chi connectivity index (χ3n) is 4.59. The normalized spacial score (nSPS) is 15.8. The monoisotopic (exact) mass is 360 g/mol. The number of amides is 2. The van der Waals surface area contributed by atoms with Gasteiger partial charge < -0.3 is 15.4 Å². The van der Waals surface area contributed by atoms with Crippen LogP contribution in [0.5, 0.6) is 0 Å². The van der Waals surface area contributed by atoms with E-state index in [1.54, 1.807) is 0 Å². The maximum Gasteiger partial charge on any atom is 0.249 e. The molecule has 0 spiro atoms. The molecule has 5 nitrogen and oxygen atoms in total.